The number of amides is 1. The Labute approximate surface area is 121 Å². The number of para-hydroxylation sites is 1. The molecule has 0 saturated carbocycles. The fraction of sp³-hybridized carbons (Fsp3) is 0.118. The third-order valence-corrected chi connectivity index (χ3v) is 3.78. The van der Waals surface area contributed by atoms with Gasteiger partial charge >= 0.3 is 0 Å². The number of carbonyl (C=O) groups is 1. The fourth-order valence-corrected chi connectivity index (χ4v) is 2.74. The van der Waals surface area contributed by atoms with Crippen LogP contribution in [0.3, 0.4) is 0 Å². The molecule has 0 saturated heterocycles. The highest BCUT2D eigenvalue weighted by Gasteiger charge is 2.15. The molecule has 3 aromatic rings. The van der Waals surface area contributed by atoms with Gasteiger partial charge in [0.1, 0.15) is 5.75 Å². The van der Waals surface area contributed by atoms with Gasteiger partial charge in [-0.05, 0) is 35.9 Å². The van der Waals surface area contributed by atoms with E-state index in [1.54, 1.807) is 0 Å². The maximum Gasteiger partial charge on any atom is 0.257 e. The quantitative estimate of drug-likeness (QED) is 0.755. The summed E-state index contributed by atoms with van der Waals surface area (Å²) in [5, 5.41) is 3.99. The van der Waals surface area contributed by atoms with Gasteiger partial charge in [0.15, 0.2) is 0 Å². The van der Waals surface area contributed by atoms with Crippen molar-refractivity contribution in [2.75, 3.05) is 11.9 Å². The fourth-order valence-electron chi connectivity index (χ4n) is 2.74. The smallest absolute Gasteiger partial charge is 0.257 e. The Morgan fingerprint density at radius 2 is 2.14 bits per heavy atom. The van der Waals surface area contributed by atoms with Crippen LogP contribution < -0.4 is 10.1 Å². The molecule has 0 fully saturated rings. The molecule has 2 aromatic carbocycles. The molecular formula is C17H14N2O2. The number of carbonyl (C=O) groups excluding carboxylic acids is 1. The molecule has 21 heavy (non-hydrogen) atoms. The van der Waals surface area contributed by atoms with Crippen LogP contribution in [0.15, 0.2) is 48.7 Å². The highest BCUT2D eigenvalue weighted by molar-refractivity contribution is 6.12. The van der Waals surface area contributed by atoms with E-state index < -0.39 is 0 Å². The first-order valence-electron chi connectivity index (χ1n) is 6.94. The van der Waals surface area contributed by atoms with E-state index in [9.17, 15) is 4.79 Å². The molecule has 2 heterocycles. The van der Waals surface area contributed by atoms with Crippen molar-refractivity contribution in [1.82, 2.24) is 4.98 Å². The van der Waals surface area contributed by atoms with Gasteiger partial charge in [-0.25, -0.2) is 0 Å². The lowest BCUT2D eigenvalue weighted by atomic mass is 10.1. The number of anilines is 1. The molecular weight excluding hydrogens is 264 g/mol. The van der Waals surface area contributed by atoms with Gasteiger partial charge < -0.3 is 15.0 Å². The van der Waals surface area contributed by atoms with Crippen molar-refractivity contribution in [2.24, 2.45) is 0 Å². The second-order valence-corrected chi connectivity index (χ2v) is 5.12. The third-order valence-electron chi connectivity index (χ3n) is 3.78. The number of aromatic nitrogens is 1. The summed E-state index contributed by atoms with van der Waals surface area (Å²) in [7, 11) is 0. The summed E-state index contributed by atoms with van der Waals surface area (Å²) in [6.45, 7) is 0.717. The Hall–Kier alpha value is -2.75. The second-order valence-electron chi connectivity index (χ2n) is 5.12. The molecule has 4 rings (SSSR count). The van der Waals surface area contributed by atoms with Crippen LogP contribution in [0.4, 0.5) is 5.69 Å². The van der Waals surface area contributed by atoms with Crippen LogP contribution in [0, 0.1) is 0 Å². The minimum atomic E-state index is -0.109. The molecule has 0 spiro atoms. The normalized spacial score (nSPS) is 13.0. The largest absolute Gasteiger partial charge is 0.493 e. The second kappa shape index (κ2) is 4.66. The van der Waals surface area contributed by atoms with Crippen LogP contribution in [0.5, 0.6) is 5.75 Å². The molecule has 0 atom stereocenters. The van der Waals surface area contributed by atoms with E-state index in [0.29, 0.717) is 12.2 Å². The maximum absolute atomic E-state index is 12.5. The van der Waals surface area contributed by atoms with Crippen LogP contribution in [-0.4, -0.2) is 17.5 Å². The zero-order chi connectivity index (χ0) is 14.2. The Kier molecular flexibility index (Phi) is 2.67. The lowest BCUT2D eigenvalue weighted by molar-refractivity contribution is 0.102. The molecule has 0 aliphatic carbocycles. The van der Waals surface area contributed by atoms with Gasteiger partial charge in [0.25, 0.3) is 5.91 Å². The Bertz CT molecular complexity index is 836. The number of hydrogen-bond donors (Lipinski definition) is 2. The van der Waals surface area contributed by atoms with Crippen molar-refractivity contribution in [3.63, 3.8) is 0 Å². The highest BCUT2D eigenvalue weighted by atomic mass is 16.5. The van der Waals surface area contributed by atoms with Crippen LogP contribution >= 0.6 is 0 Å². The summed E-state index contributed by atoms with van der Waals surface area (Å²) in [4.78, 5) is 15.6. The molecule has 4 nitrogen and oxygen atoms in total. The minimum Gasteiger partial charge on any atom is -0.493 e. The zero-order valence-corrected chi connectivity index (χ0v) is 11.3. The summed E-state index contributed by atoms with van der Waals surface area (Å²) < 4.78 is 5.47. The van der Waals surface area contributed by atoms with Gasteiger partial charge in [-0.3, -0.25) is 4.79 Å². The van der Waals surface area contributed by atoms with E-state index in [4.69, 9.17) is 4.74 Å². The number of H-pyrrole nitrogens is 1. The van der Waals surface area contributed by atoms with Crippen molar-refractivity contribution >= 4 is 22.5 Å². The first-order chi connectivity index (χ1) is 10.3. The number of benzene rings is 2. The van der Waals surface area contributed by atoms with Gasteiger partial charge in [0.05, 0.1) is 17.7 Å². The van der Waals surface area contributed by atoms with E-state index in [2.05, 4.69) is 10.3 Å². The monoisotopic (exact) mass is 278 g/mol. The van der Waals surface area contributed by atoms with Crippen molar-refractivity contribution in [1.29, 1.82) is 0 Å². The highest BCUT2D eigenvalue weighted by Crippen LogP contribution is 2.28. The zero-order valence-electron chi connectivity index (χ0n) is 11.3. The third kappa shape index (κ3) is 2.05. The number of hydrogen-bond acceptors (Lipinski definition) is 2. The molecule has 0 radical (unpaired) electrons. The molecule has 4 heteroatoms. The Balaban J connectivity index is 1.65. The number of rotatable bonds is 2. The van der Waals surface area contributed by atoms with Crippen LogP contribution in [-0.2, 0) is 6.42 Å². The molecule has 1 aromatic heterocycles. The van der Waals surface area contributed by atoms with E-state index in [1.165, 1.54) is 0 Å². The lowest BCUT2D eigenvalue weighted by Crippen LogP contribution is -2.12. The molecule has 1 aliphatic heterocycles. The first kappa shape index (κ1) is 12.0. The average Bonchev–Trinajstić information content (AvgIpc) is 3.14. The first-order valence-corrected chi connectivity index (χ1v) is 6.94. The number of nitrogens with one attached hydrogen (secondary N) is 2. The van der Waals surface area contributed by atoms with Gasteiger partial charge in [0, 0.05) is 23.7 Å². The number of fused-ring (bicyclic) bond motifs is 2. The molecule has 0 bridgehead atoms. The van der Waals surface area contributed by atoms with Crippen molar-refractivity contribution in [2.45, 2.75) is 6.42 Å². The lowest BCUT2D eigenvalue weighted by Gasteiger charge is -2.08. The standard InChI is InChI=1S/C17H14N2O2/c20-17(14-3-1-2-11-6-8-18-16(11)14)19-13-4-5-15-12(10-13)7-9-21-15/h1-6,8,10,18H,7,9H2,(H,19,20). The van der Waals surface area contributed by atoms with Crippen molar-refractivity contribution in [3.8, 4) is 5.75 Å². The molecule has 2 N–H and O–H groups in total. The summed E-state index contributed by atoms with van der Waals surface area (Å²) >= 11 is 0. The summed E-state index contributed by atoms with van der Waals surface area (Å²) in [6.07, 6.45) is 2.74. The Morgan fingerprint density at radius 3 is 3.10 bits per heavy atom. The predicted octanol–water partition coefficient (Wildman–Crippen LogP) is 3.36. The van der Waals surface area contributed by atoms with Crippen molar-refractivity contribution < 1.29 is 9.53 Å². The topological polar surface area (TPSA) is 54.1 Å². The van der Waals surface area contributed by atoms with E-state index in [1.807, 2.05) is 48.7 Å². The van der Waals surface area contributed by atoms with Gasteiger partial charge in [-0.15, -0.1) is 0 Å². The van der Waals surface area contributed by atoms with E-state index in [0.717, 1.165) is 34.3 Å². The SMILES string of the molecule is O=C(Nc1ccc2c(c1)CCO2)c1cccc2cc[nH]c12. The number of aromatic amines is 1. The maximum atomic E-state index is 12.5. The predicted molar refractivity (Wildman–Crippen MR) is 81.9 cm³/mol. The summed E-state index contributed by atoms with van der Waals surface area (Å²) in [5.74, 6) is 0.807. The molecule has 1 amide bonds. The molecule has 1 aliphatic rings. The molecule has 0 unspecified atom stereocenters. The van der Waals surface area contributed by atoms with Gasteiger partial charge in [0.2, 0.25) is 0 Å². The van der Waals surface area contributed by atoms with E-state index in [-0.39, 0.29) is 5.91 Å². The average molecular weight is 278 g/mol. The van der Waals surface area contributed by atoms with Crippen LogP contribution in [0.1, 0.15) is 15.9 Å². The van der Waals surface area contributed by atoms with E-state index >= 15 is 0 Å². The van der Waals surface area contributed by atoms with Crippen LogP contribution in [0.2, 0.25) is 0 Å². The Morgan fingerprint density at radius 1 is 1.19 bits per heavy atom. The minimum absolute atomic E-state index is 0.109. The summed E-state index contributed by atoms with van der Waals surface area (Å²) in [5.41, 5.74) is 3.45. The van der Waals surface area contributed by atoms with Crippen LogP contribution in [0.25, 0.3) is 10.9 Å². The summed E-state index contributed by atoms with van der Waals surface area (Å²) in [6, 6.07) is 13.4. The van der Waals surface area contributed by atoms with Crippen molar-refractivity contribution in [3.05, 3.63) is 59.8 Å². The number of ether oxygens (including phenoxy) is 1. The molecule has 104 valence electrons. The van der Waals surface area contributed by atoms with Gasteiger partial charge in [-0.1, -0.05) is 12.1 Å². The van der Waals surface area contributed by atoms with Gasteiger partial charge in [-0.2, -0.15) is 0 Å².